The molecule has 6 nitrogen and oxygen atoms in total. The van der Waals surface area contributed by atoms with Gasteiger partial charge in [0.1, 0.15) is 5.92 Å². The Morgan fingerprint density at radius 1 is 1.20 bits per heavy atom. The number of benzene rings is 1. The van der Waals surface area contributed by atoms with E-state index in [1.54, 1.807) is 4.90 Å². The van der Waals surface area contributed by atoms with E-state index in [0.717, 1.165) is 16.8 Å². The number of hydrogen-bond donors (Lipinski definition) is 1. The molecular weight excluding hydrogens is 340 g/mol. The third-order valence-corrected chi connectivity index (χ3v) is 7.19. The molecule has 25 heavy (non-hydrogen) atoms. The zero-order chi connectivity index (χ0) is 18.4. The van der Waals surface area contributed by atoms with Crippen LogP contribution in [0.4, 0.5) is 5.69 Å². The summed E-state index contributed by atoms with van der Waals surface area (Å²) in [5.41, 5.74) is 3.06. The van der Waals surface area contributed by atoms with Crippen LogP contribution in [-0.2, 0) is 19.4 Å². The summed E-state index contributed by atoms with van der Waals surface area (Å²) < 4.78 is 23.4. The highest BCUT2D eigenvalue weighted by atomic mass is 32.2. The summed E-state index contributed by atoms with van der Waals surface area (Å²) in [5.74, 6) is -1.38. The van der Waals surface area contributed by atoms with Crippen molar-refractivity contribution >= 4 is 27.3 Å². The average molecular weight is 364 g/mol. The molecule has 0 bridgehead atoms. The smallest absolute Gasteiger partial charge is 0.239 e. The Bertz CT molecular complexity index is 818. The number of hydrogen-bond acceptors (Lipinski definition) is 4. The van der Waals surface area contributed by atoms with Gasteiger partial charge >= 0.3 is 0 Å². The minimum atomic E-state index is -3.10. The highest BCUT2D eigenvalue weighted by Gasteiger charge is 2.41. The van der Waals surface area contributed by atoms with Crippen LogP contribution in [0.25, 0.3) is 0 Å². The zero-order valence-electron chi connectivity index (χ0n) is 14.8. The first kappa shape index (κ1) is 17.9. The third kappa shape index (κ3) is 3.56. The Hall–Kier alpha value is -1.89. The fraction of sp³-hybridized carbons (Fsp3) is 0.556. The van der Waals surface area contributed by atoms with E-state index in [1.165, 1.54) is 0 Å². The van der Waals surface area contributed by atoms with E-state index in [2.05, 4.69) is 5.32 Å². The van der Waals surface area contributed by atoms with E-state index < -0.39 is 21.8 Å². The summed E-state index contributed by atoms with van der Waals surface area (Å²) in [6.45, 7) is 6.31. The monoisotopic (exact) mass is 364 g/mol. The molecule has 3 rings (SSSR count). The molecular formula is C18H24N2O4S. The van der Waals surface area contributed by atoms with Gasteiger partial charge in [0.05, 0.1) is 11.5 Å². The topological polar surface area (TPSA) is 83.6 Å². The van der Waals surface area contributed by atoms with Crippen molar-refractivity contribution in [3.05, 3.63) is 29.3 Å². The number of anilines is 1. The van der Waals surface area contributed by atoms with Crippen molar-refractivity contribution in [2.75, 3.05) is 23.0 Å². The van der Waals surface area contributed by atoms with Crippen molar-refractivity contribution in [2.24, 2.45) is 11.8 Å². The number of amides is 2. The SMILES string of the molecule is Cc1ccc(N2CC[C@@H](C(=O)N[C@@H]3CS(=O)(=O)C[C@@H]3C)C2=O)cc1C. The Morgan fingerprint density at radius 2 is 1.92 bits per heavy atom. The first-order chi connectivity index (χ1) is 11.7. The predicted octanol–water partition coefficient (Wildman–Crippen LogP) is 1.21. The molecule has 0 spiro atoms. The van der Waals surface area contributed by atoms with Gasteiger partial charge in [-0.25, -0.2) is 8.42 Å². The van der Waals surface area contributed by atoms with Gasteiger partial charge in [-0.3, -0.25) is 9.59 Å². The molecule has 1 aromatic rings. The second-order valence-electron chi connectivity index (χ2n) is 7.27. The molecule has 0 aliphatic carbocycles. The van der Waals surface area contributed by atoms with Crippen LogP contribution in [0.3, 0.4) is 0 Å². The van der Waals surface area contributed by atoms with Crippen molar-refractivity contribution < 1.29 is 18.0 Å². The van der Waals surface area contributed by atoms with Crippen LogP contribution in [0.2, 0.25) is 0 Å². The number of sulfone groups is 1. The normalized spacial score (nSPS) is 28.4. The molecule has 1 aromatic carbocycles. The fourth-order valence-electron chi connectivity index (χ4n) is 3.56. The summed E-state index contributed by atoms with van der Waals surface area (Å²) in [6.07, 6.45) is 0.450. The van der Waals surface area contributed by atoms with Crippen molar-refractivity contribution in [2.45, 2.75) is 33.2 Å². The van der Waals surface area contributed by atoms with E-state index in [1.807, 2.05) is 39.0 Å². The Balaban J connectivity index is 1.69. The van der Waals surface area contributed by atoms with Gasteiger partial charge in [0.2, 0.25) is 11.8 Å². The second kappa shape index (κ2) is 6.44. The van der Waals surface area contributed by atoms with Gasteiger partial charge in [-0.15, -0.1) is 0 Å². The van der Waals surface area contributed by atoms with Gasteiger partial charge < -0.3 is 10.2 Å². The molecule has 2 heterocycles. The fourth-order valence-corrected chi connectivity index (χ4v) is 5.69. The first-order valence-corrected chi connectivity index (χ1v) is 10.4. The predicted molar refractivity (Wildman–Crippen MR) is 96.1 cm³/mol. The molecule has 0 aromatic heterocycles. The lowest BCUT2D eigenvalue weighted by molar-refractivity contribution is -0.132. The van der Waals surface area contributed by atoms with Crippen molar-refractivity contribution in [1.29, 1.82) is 0 Å². The van der Waals surface area contributed by atoms with Crippen molar-refractivity contribution in [3.8, 4) is 0 Å². The molecule has 3 atom stereocenters. The molecule has 2 aliphatic rings. The lowest BCUT2D eigenvalue weighted by atomic mass is 10.0. The van der Waals surface area contributed by atoms with Crippen LogP contribution < -0.4 is 10.2 Å². The van der Waals surface area contributed by atoms with Crippen molar-refractivity contribution in [3.63, 3.8) is 0 Å². The Morgan fingerprint density at radius 3 is 2.52 bits per heavy atom. The van der Waals surface area contributed by atoms with Crippen molar-refractivity contribution in [1.82, 2.24) is 5.32 Å². The molecule has 0 radical (unpaired) electrons. The second-order valence-corrected chi connectivity index (χ2v) is 9.42. The van der Waals surface area contributed by atoms with Gasteiger partial charge in [-0.2, -0.15) is 0 Å². The molecule has 2 saturated heterocycles. The molecule has 2 amide bonds. The van der Waals surface area contributed by atoms with Crippen LogP contribution >= 0.6 is 0 Å². The van der Waals surface area contributed by atoms with Crippen LogP contribution in [-0.4, -0.2) is 44.3 Å². The Kier molecular flexibility index (Phi) is 4.62. The van der Waals surface area contributed by atoms with Gasteiger partial charge in [-0.05, 0) is 49.4 Å². The minimum Gasteiger partial charge on any atom is -0.351 e. The molecule has 0 unspecified atom stereocenters. The maximum atomic E-state index is 12.7. The highest BCUT2D eigenvalue weighted by Crippen LogP contribution is 2.28. The lowest BCUT2D eigenvalue weighted by Crippen LogP contribution is -2.44. The maximum absolute atomic E-state index is 12.7. The van der Waals surface area contributed by atoms with E-state index >= 15 is 0 Å². The standard InChI is InChI=1S/C18H24N2O4S/c1-11-4-5-14(8-12(11)2)20-7-6-15(18(20)22)17(21)19-16-10-25(23,24)9-13(16)3/h4-5,8,13,15-16H,6-7,9-10H2,1-3H3,(H,19,21)/t13-,15-,16+/m0/s1. The van der Waals surface area contributed by atoms with Crippen LogP contribution in [0.15, 0.2) is 18.2 Å². The minimum absolute atomic E-state index is 0.0400. The van der Waals surface area contributed by atoms with Crippen LogP contribution in [0.1, 0.15) is 24.5 Å². The third-order valence-electron chi connectivity index (χ3n) is 5.29. The Labute approximate surface area is 148 Å². The largest absolute Gasteiger partial charge is 0.351 e. The van der Waals surface area contributed by atoms with Gasteiger partial charge in [-0.1, -0.05) is 13.0 Å². The molecule has 2 fully saturated rings. The molecule has 7 heteroatoms. The summed E-state index contributed by atoms with van der Waals surface area (Å²) in [4.78, 5) is 26.8. The average Bonchev–Trinajstić information content (AvgIpc) is 3.01. The van der Waals surface area contributed by atoms with Crippen LogP contribution in [0, 0.1) is 25.7 Å². The van der Waals surface area contributed by atoms with Gasteiger partial charge in [0.15, 0.2) is 9.84 Å². The number of aryl methyl sites for hydroxylation is 2. The van der Waals surface area contributed by atoms with E-state index in [9.17, 15) is 18.0 Å². The molecule has 1 N–H and O–H groups in total. The number of nitrogens with zero attached hydrogens (tertiary/aromatic N) is 1. The number of nitrogens with one attached hydrogen (secondary N) is 1. The highest BCUT2D eigenvalue weighted by molar-refractivity contribution is 7.91. The van der Waals surface area contributed by atoms with E-state index in [0.29, 0.717) is 13.0 Å². The molecule has 0 saturated carbocycles. The van der Waals surface area contributed by atoms with E-state index in [-0.39, 0.29) is 29.2 Å². The summed E-state index contributed by atoms with van der Waals surface area (Å²) >= 11 is 0. The molecule has 136 valence electrons. The first-order valence-electron chi connectivity index (χ1n) is 8.57. The van der Waals surface area contributed by atoms with Gasteiger partial charge in [0, 0.05) is 18.3 Å². The lowest BCUT2D eigenvalue weighted by Gasteiger charge is -2.20. The zero-order valence-corrected chi connectivity index (χ0v) is 15.6. The van der Waals surface area contributed by atoms with Crippen LogP contribution in [0.5, 0.6) is 0 Å². The number of carbonyl (C=O) groups is 2. The summed E-state index contributed by atoms with van der Waals surface area (Å²) in [5, 5.41) is 2.78. The summed E-state index contributed by atoms with van der Waals surface area (Å²) in [7, 11) is -3.10. The molecule has 2 aliphatic heterocycles. The maximum Gasteiger partial charge on any atom is 0.239 e. The van der Waals surface area contributed by atoms with Gasteiger partial charge in [0.25, 0.3) is 0 Å². The van der Waals surface area contributed by atoms with E-state index in [4.69, 9.17) is 0 Å². The number of carbonyl (C=O) groups excluding carboxylic acids is 2. The summed E-state index contributed by atoms with van der Waals surface area (Å²) in [6, 6.07) is 5.42. The quantitative estimate of drug-likeness (QED) is 0.817. The number of rotatable bonds is 3.